The predicted octanol–water partition coefficient (Wildman–Crippen LogP) is 3.44. The number of ether oxygens (including phenoxy) is 2. The van der Waals surface area contributed by atoms with Gasteiger partial charge in [0.15, 0.2) is 11.5 Å². The highest BCUT2D eigenvalue weighted by Gasteiger charge is 2.36. The van der Waals surface area contributed by atoms with Crippen molar-refractivity contribution in [2.75, 3.05) is 34.4 Å². The van der Waals surface area contributed by atoms with Crippen LogP contribution in [-0.2, 0) is 6.54 Å². The molecule has 0 N–H and O–H groups in total. The van der Waals surface area contributed by atoms with Gasteiger partial charge in [-0.25, -0.2) is 0 Å². The number of aliphatic imine (C=N–C) groups is 1. The van der Waals surface area contributed by atoms with Crippen LogP contribution in [0.15, 0.2) is 41.4 Å². The molecule has 0 amide bonds. The Bertz CT molecular complexity index is 1180. The Balaban J connectivity index is 0.00000259. The fourth-order valence-electron chi connectivity index (χ4n) is 4.73. The molecule has 1 fully saturated rings. The highest BCUT2D eigenvalue weighted by Crippen LogP contribution is 2.42. The number of hydrogen-bond acceptors (Lipinski definition) is 7. The summed E-state index contributed by atoms with van der Waals surface area (Å²) < 4.78 is 11.3. The van der Waals surface area contributed by atoms with Crippen molar-refractivity contribution in [2.24, 2.45) is 4.99 Å². The minimum absolute atomic E-state index is 0. The van der Waals surface area contributed by atoms with Gasteiger partial charge >= 0.3 is 0 Å². The number of aryl methyl sites for hydroxylation is 1. The lowest BCUT2D eigenvalue weighted by Gasteiger charge is -2.39. The molecule has 2 aromatic carbocycles. The molecule has 2 atom stereocenters. The van der Waals surface area contributed by atoms with E-state index in [1.165, 1.54) is 5.56 Å². The fraction of sp³-hybridized carbons (Fsp3) is 0.417. The topological polar surface area (TPSA) is 77.7 Å². The number of rotatable bonds is 5. The molecule has 174 valence electrons. The summed E-state index contributed by atoms with van der Waals surface area (Å²) in [6, 6.07) is 12.7. The van der Waals surface area contributed by atoms with Gasteiger partial charge in [0.05, 0.1) is 32.5 Å². The van der Waals surface area contributed by atoms with Crippen molar-refractivity contribution < 1.29 is 9.47 Å². The van der Waals surface area contributed by atoms with Gasteiger partial charge in [-0.3, -0.25) is 4.99 Å². The molecule has 5 rings (SSSR count). The van der Waals surface area contributed by atoms with Crippen LogP contribution in [-0.4, -0.2) is 71.2 Å². The number of fused-ring (bicyclic) bond motifs is 3. The third-order valence-corrected chi connectivity index (χ3v) is 6.41. The van der Waals surface area contributed by atoms with E-state index >= 15 is 0 Å². The van der Waals surface area contributed by atoms with Crippen molar-refractivity contribution in [3.63, 3.8) is 0 Å². The summed E-state index contributed by atoms with van der Waals surface area (Å²) in [6.45, 7) is 4.71. The quantitative estimate of drug-likeness (QED) is 0.570. The number of benzene rings is 2. The molecule has 3 aromatic rings. The zero-order chi connectivity index (χ0) is 22.2. The van der Waals surface area contributed by atoms with Crippen LogP contribution in [0.25, 0.3) is 11.4 Å². The molecule has 8 nitrogen and oxygen atoms in total. The van der Waals surface area contributed by atoms with Crippen LogP contribution < -0.4 is 9.47 Å². The number of likely N-dealkylation sites (tertiary alicyclic amines) is 1. The van der Waals surface area contributed by atoms with Gasteiger partial charge in [-0.15, -0.1) is 22.6 Å². The molecule has 1 saturated heterocycles. The monoisotopic (exact) mass is 468 g/mol. The van der Waals surface area contributed by atoms with E-state index in [0.717, 1.165) is 47.7 Å². The van der Waals surface area contributed by atoms with E-state index in [-0.39, 0.29) is 18.4 Å². The second kappa shape index (κ2) is 9.49. The van der Waals surface area contributed by atoms with Crippen LogP contribution in [0, 0.1) is 0 Å². The number of piperidine rings is 1. The second-order valence-electron chi connectivity index (χ2n) is 8.38. The average molecular weight is 469 g/mol. The molecule has 1 aromatic heterocycles. The van der Waals surface area contributed by atoms with E-state index in [1.54, 1.807) is 19.0 Å². The van der Waals surface area contributed by atoms with Gasteiger partial charge < -0.3 is 14.4 Å². The first-order chi connectivity index (χ1) is 15.6. The summed E-state index contributed by atoms with van der Waals surface area (Å²) in [5.74, 6) is 2.43. The van der Waals surface area contributed by atoms with Crippen molar-refractivity contribution in [1.29, 1.82) is 0 Å². The van der Waals surface area contributed by atoms with Crippen LogP contribution >= 0.6 is 12.4 Å². The number of halogens is 1. The molecule has 0 saturated carbocycles. The van der Waals surface area contributed by atoms with Crippen molar-refractivity contribution in [3.05, 3.63) is 53.1 Å². The van der Waals surface area contributed by atoms with Gasteiger partial charge in [0.25, 0.3) is 0 Å². The van der Waals surface area contributed by atoms with Crippen molar-refractivity contribution in [1.82, 2.24) is 25.1 Å². The third kappa shape index (κ3) is 4.20. The number of likely N-dealkylation sites (N-methyl/N-ethyl adjacent to an activating group) is 1. The summed E-state index contributed by atoms with van der Waals surface area (Å²) in [5.41, 5.74) is 5.32. The Morgan fingerprint density at radius 1 is 1.06 bits per heavy atom. The van der Waals surface area contributed by atoms with E-state index in [1.807, 2.05) is 19.1 Å². The third-order valence-electron chi connectivity index (χ3n) is 6.41. The number of aromatic nitrogens is 4. The molecule has 0 radical (unpaired) electrons. The SMILES string of the molecule is CCn1nnc(-c2cccc(C3=N[C@@H]4CCN(C)C[C@@H]4c4cc(OC)c(OC)cc43)c2)n1.Cl. The smallest absolute Gasteiger partial charge is 0.204 e. The Kier molecular flexibility index (Phi) is 6.67. The normalized spacial score (nSPS) is 19.7. The Labute approximate surface area is 200 Å². The molecule has 3 heterocycles. The standard InChI is InChI=1S/C24H28N6O2.ClH/c1-5-30-27-24(26-28-30)16-8-6-7-15(11-16)23-18-13-22(32-4)21(31-3)12-17(18)19-14-29(2)10-9-20(19)25-23;/h6-8,11-13,19-20H,5,9-10,14H2,1-4H3;1H/t19-,20-;/m1./s1. The summed E-state index contributed by atoms with van der Waals surface area (Å²) >= 11 is 0. The molecule has 2 aliphatic heterocycles. The minimum atomic E-state index is 0. The number of hydrogen-bond donors (Lipinski definition) is 0. The first-order valence-corrected chi connectivity index (χ1v) is 11.0. The highest BCUT2D eigenvalue weighted by atomic mass is 35.5. The maximum absolute atomic E-state index is 5.64. The second-order valence-corrected chi connectivity index (χ2v) is 8.38. The maximum Gasteiger partial charge on any atom is 0.204 e. The van der Waals surface area contributed by atoms with Gasteiger partial charge in [0.1, 0.15) is 0 Å². The number of tetrazole rings is 1. The molecule has 9 heteroatoms. The average Bonchev–Trinajstić information content (AvgIpc) is 3.32. The van der Waals surface area contributed by atoms with E-state index in [0.29, 0.717) is 24.0 Å². The van der Waals surface area contributed by atoms with Crippen LogP contribution in [0.1, 0.15) is 36.0 Å². The molecule has 0 bridgehead atoms. The van der Waals surface area contributed by atoms with Gasteiger partial charge in [0.2, 0.25) is 5.82 Å². The van der Waals surface area contributed by atoms with Gasteiger partial charge in [-0.1, -0.05) is 18.2 Å². The lowest BCUT2D eigenvalue weighted by molar-refractivity contribution is 0.227. The van der Waals surface area contributed by atoms with Crippen LogP contribution in [0.4, 0.5) is 0 Å². The first-order valence-electron chi connectivity index (χ1n) is 11.0. The van der Waals surface area contributed by atoms with Gasteiger partial charge in [-0.2, -0.15) is 4.80 Å². The van der Waals surface area contributed by atoms with Crippen LogP contribution in [0.3, 0.4) is 0 Å². The molecule has 2 aliphatic rings. The van der Waals surface area contributed by atoms with E-state index < -0.39 is 0 Å². The molecular weight excluding hydrogens is 440 g/mol. The van der Waals surface area contributed by atoms with Gasteiger partial charge in [0, 0.05) is 29.2 Å². The highest BCUT2D eigenvalue weighted by molar-refractivity contribution is 6.15. The summed E-state index contributed by atoms with van der Waals surface area (Å²) in [5, 5.41) is 12.8. The van der Waals surface area contributed by atoms with Crippen LogP contribution in [0.5, 0.6) is 11.5 Å². The molecule has 0 unspecified atom stereocenters. The first kappa shape index (κ1) is 23.2. The van der Waals surface area contributed by atoms with E-state index in [2.05, 4.69) is 51.6 Å². The molecule has 0 aliphatic carbocycles. The zero-order valence-electron chi connectivity index (χ0n) is 19.4. The van der Waals surface area contributed by atoms with E-state index in [4.69, 9.17) is 14.5 Å². The zero-order valence-corrected chi connectivity index (χ0v) is 20.2. The number of nitrogens with zero attached hydrogens (tertiary/aromatic N) is 6. The molecular formula is C24H29ClN6O2. The molecule has 0 spiro atoms. The Morgan fingerprint density at radius 3 is 2.55 bits per heavy atom. The summed E-state index contributed by atoms with van der Waals surface area (Å²) in [4.78, 5) is 9.24. The minimum Gasteiger partial charge on any atom is -0.493 e. The van der Waals surface area contributed by atoms with Crippen molar-refractivity contribution >= 4 is 18.1 Å². The largest absolute Gasteiger partial charge is 0.493 e. The summed E-state index contributed by atoms with van der Waals surface area (Å²) in [6.07, 6.45) is 1.03. The maximum atomic E-state index is 5.64. The number of methoxy groups -OCH3 is 2. The summed E-state index contributed by atoms with van der Waals surface area (Å²) in [7, 11) is 5.53. The predicted molar refractivity (Wildman–Crippen MR) is 130 cm³/mol. The van der Waals surface area contributed by atoms with Gasteiger partial charge in [-0.05, 0) is 55.9 Å². The van der Waals surface area contributed by atoms with Crippen LogP contribution in [0.2, 0.25) is 0 Å². The van der Waals surface area contributed by atoms with Crippen molar-refractivity contribution in [2.45, 2.75) is 31.8 Å². The molecule has 33 heavy (non-hydrogen) atoms. The van der Waals surface area contributed by atoms with Crippen molar-refractivity contribution in [3.8, 4) is 22.9 Å². The Hall–Kier alpha value is -2.97. The fourth-order valence-corrected chi connectivity index (χ4v) is 4.73. The Morgan fingerprint density at radius 2 is 1.82 bits per heavy atom. The lowest BCUT2D eigenvalue weighted by atomic mass is 9.79. The van der Waals surface area contributed by atoms with E-state index in [9.17, 15) is 0 Å². The lowest BCUT2D eigenvalue weighted by Crippen LogP contribution is -2.41.